The van der Waals surface area contributed by atoms with Crippen LogP contribution in [-0.4, -0.2) is 77.2 Å². The van der Waals surface area contributed by atoms with Crippen LogP contribution >= 0.6 is 11.8 Å². The van der Waals surface area contributed by atoms with Gasteiger partial charge in [-0.1, -0.05) is 12.1 Å². The molecule has 3 rings (SSSR count). The molecule has 2 heterocycles. The third-order valence-electron chi connectivity index (χ3n) is 5.84. The van der Waals surface area contributed by atoms with Gasteiger partial charge in [-0.3, -0.25) is 9.69 Å². The van der Waals surface area contributed by atoms with E-state index in [1.807, 2.05) is 24.3 Å². The van der Waals surface area contributed by atoms with E-state index in [-0.39, 0.29) is 17.8 Å². The Labute approximate surface area is 223 Å². The molecule has 0 aromatic heterocycles. The number of methoxy groups -OCH3 is 1. The Bertz CT molecular complexity index is 947. The van der Waals surface area contributed by atoms with Crippen LogP contribution in [0.3, 0.4) is 0 Å². The molecule has 1 amide bonds. The highest BCUT2D eigenvalue weighted by Gasteiger charge is 2.50. The van der Waals surface area contributed by atoms with Crippen molar-refractivity contribution in [3.05, 3.63) is 29.8 Å². The molecule has 1 aromatic rings. The van der Waals surface area contributed by atoms with E-state index >= 15 is 0 Å². The number of esters is 1. The number of carbonyl (C=O) groups excluding carboxylic acids is 3. The van der Waals surface area contributed by atoms with E-state index in [9.17, 15) is 14.4 Å². The van der Waals surface area contributed by atoms with Crippen LogP contribution < -0.4 is 4.74 Å². The summed E-state index contributed by atoms with van der Waals surface area (Å²) in [5.41, 5.74) is -0.609. The molecule has 0 saturated carbocycles. The van der Waals surface area contributed by atoms with Crippen molar-refractivity contribution < 1.29 is 38.1 Å². The molecule has 1 unspecified atom stereocenters. The van der Waals surface area contributed by atoms with Gasteiger partial charge in [-0.05, 0) is 84.3 Å². The summed E-state index contributed by atoms with van der Waals surface area (Å²) >= 11 is 1.56. The van der Waals surface area contributed by atoms with Gasteiger partial charge >= 0.3 is 18.2 Å². The minimum atomic E-state index is -0.916. The van der Waals surface area contributed by atoms with E-state index in [0.717, 1.165) is 24.2 Å². The van der Waals surface area contributed by atoms with Crippen LogP contribution in [-0.2, 0) is 30.2 Å². The van der Waals surface area contributed by atoms with Gasteiger partial charge < -0.3 is 23.7 Å². The van der Waals surface area contributed by atoms with Crippen molar-refractivity contribution in [1.29, 1.82) is 0 Å². The molecule has 1 aromatic carbocycles. The largest absolute Gasteiger partial charge is 0.509 e. The van der Waals surface area contributed by atoms with Gasteiger partial charge in [0.05, 0.1) is 19.7 Å². The van der Waals surface area contributed by atoms with Crippen LogP contribution in [0.4, 0.5) is 9.59 Å². The van der Waals surface area contributed by atoms with Crippen LogP contribution in [0.5, 0.6) is 5.75 Å². The molecule has 0 radical (unpaired) electrons. The Morgan fingerprint density at radius 2 is 1.62 bits per heavy atom. The molecule has 2 aliphatic rings. The maximum atomic E-state index is 13.3. The van der Waals surface area contributed by atoms with Gasteiger partial charge in [-0.15, -0.1) is 11.8 Å². The van der Waals surface area contributed by atoms with Crippen LogP contribution in [0, 0.1) is 0 Å². The zero-order valence-electron chi connectivity index (χ0n) is 22.8. The third-order valence-corrected chi connectivity index (χ3v) is 7.19. The summed E-state index contributed by atoms with van der Waals surface area (Å²) in [5.74, 6) is 1.23. The lowest BCUT2D eigenvalue weighted by Crippen LogP contribution is -2.46. The smallest absolute Gasteiger partial charge is 0.497 e. The van der Waals surface area contributed by atoms with E-state index in [1.54, 1.807) is 60.4 Å². The molecule has 0 aliphatic carbocycles. The lowest BCUT2D eigenvalue weighted by Gasteiger charge is -2.30. The topological polar surface area (TPSA) is 101 Å². The van der Waals surface area contributed by atoms with Gasteiger partial charge in [0, 0.05) is 0 Å². The highest BCUT2D eigenvalue weighted by Crippen LogP contribution is 2.33. The van der Waals surface area contributed by atoms with E-state index in [4.69, 9.17) is 23.7 Å². The lowest BCUT2D eigenvalue weighted by atomic mass is 10.0. The SMILES string of the molecule is COc1ccc(C[C@@H]2[C@H](OC(=O)C3CCCS3)[C@@H](OC(=O)OC(C)(C)C)CN2C(=O)OC(C)(C)C)cc1. The number of hydrogen-bond donors (Lipinski definition) is 0. The van der Waals surface area contributed by atoms with Gasteiger partial charge in [0.2, 0.25) is 0 Å². The Hall–Kier alpha value is -2.62. The summed E-state index contributed by atoms with van der Waals surface area (Å²) in [4.78, 5) is 40.5. The zero-order chi connectivity index (χ0) is 27.4. The number of amides is 1. The van der Waals surface area contributed by atoms with Crippen LogP contribution in [0.1, 0.15) is 59.9 Å². The predicted octanol–water partition coefficient (Wildman–Crippen LogP) is 4.98. The average molecular weight is 538 g/mol. The molecule has 2 aliphatic heterocycles. The van der Waals surface area contributed by atoms with E-state index in [2.05, 4.69) is 0 Å². The molecule has 10 heteroatoms. The number of carbonyl (C=O) groups is 3. The van der Waals surface area contributed by atoms with E-state index in [1.165, 1.54) is 4.90 Å². The first kappa shape index (κ1) is 28.9. The third kappa shape index (κ3) is 8.45. The second kappa shape index (κ2) is 11.8. The standard InChI is InChI=1S/C27H39NO8S/c1-26(2,3)35-24(30)28-16-20(33-25(31)36-27(4,5)6)22(34-23(29)21-9-8-14-37-21)19(28)15-17-10-12-18(32-7)13-11-17/h10-13,19-22H,8-9,14-16H2,1-7H3/t19-,20+,21?,22+/m1/s1. The van der Waals surface area contributed by atoms with Crippen molar-refractivity contribution in [1.82, 2.24) is 4.90 Å². The van der Waals surface area contributed by atoms with Crippen molar-refractivity contribution >= 4 is 30.0 Å². The second-order valence-corrected chi connectivity index (χ2v) is 12.6. The van der Waals surface area contributed by atoms with Crippen LogP contribution in [0.25, 0.3) is 0 Å². The molecular formula is C27H39NO8S. The zero-order valence-corrected chi connectivity index (χ0v) is 23.6. The first-order valence-corrected chi connectivity index (χ1v) is 13.6. The summed E-state index contributed by atoms with van der Waals surface area (Å²) < 4.78 is 28.0. The molecule has 37 heavy (non-hydrogen) atoms. The number of nitrogens with zero attached hydrogens (tertiary/aromatic N) is 1. The number of hydrogen-bond acceptors (Lipinski definition) is 9. The molecule has 2 fully saturated rings. The number of ether oxygens (including phenoxy) is 5. The summed E-state index contributed by atoms with van der Waals surface area (Å²) in [7, 11) is 1.59. The molecule has 206 valence electrons. The maximum absolute atomic E-state index is 13.3. The Morgan fingerprint density at radius 1 is 0.973 bits per heavy atom. The molecule has 2 saturated heterocycles. The van der Waals surface area contributed by atoms with Crippen molar-refractivity contribution in [2.75, 3.05) is 19.4 Å². The van der Waals surface area contributed by atoms with Gasteiger partial charge in [0.25, 0.3) is 0 Å². The van der Waals surface area contributed by atoms with Gasteiger partial charge in [-0.2, -0.15) is 0 Å². The van der Waals surface area contributed by atoms with E-state index < -0.39 is 41.7 Å². The lowest BCUT2D eigenvalue weighted by molar-refractivity contribution is -0.155. The summed E-state index contributed by atoms with van der Waals surface area (Å²) in [6.45, 7) is 10.5. The van der Waals surface area contributed by atoms with Crippen molar-refractivity contribution in [3.8, 4) is 5.75 Å². The van der Waals surface area contributed by atoms with Gasteiger partial charge in [0.1, 0.15) is 22.2 Å². The monoisotopic (exact) mass is 537 g/mol. The average Bonchev–Trinajstić information content (AvgIpc) is 3.42. The highest BCUT2D eigenvalue weighted by molar-refractivity contribution is 8.00. The maximum Gasteiger partial charge on any atom is 0.509 e. The molecule has 0 spiro atoms. The Morgan fingerprint density at radius 3 is 2.16 bits per heavy atom. The van der Waals surface area contributed by atoms with Crippen molar-refractivity contribution in [2.24, 2.45) is 0 Å². The fourth-order valence-electron chi connectivity index (χ4n) is 4.25. The summed E-state index contributed by atoms with van der Waals surface area (Å²) in [6.07, 6.45) is -1.25. The Kier molecular flexibility index (Phi) is 9.26. The second-order valence-electron chi connectivity index (χ2n) is 11.3. The van der Waals surface area contributed by atoms with Crippen LogP contribution in [0.15, 0.2) is 24.3 Å². The molecule has 4 atom stereocenters. The van der Waals surface area contributed by atoms with Crippen LogP contribution in [0.2, 0.25) is 0 Å². The van der Waals surface area contributed by atoms with E-state index in [0.29, 0.717) is 12.2 Å². The predicted molar refractivity (Wildman–Crippen MR) is 140 cm³/mol. The fraction of sp³-hybridized carbons (Fsp3) is 0.667. The minimum Gasteiger partial charge on any atom is -0.497 e. The molecular weight excluding hydrogens is 498 g/mol. The minimum absolute atomic E-state index is 0.00470. The molecule has 9 nitrogen and oxygen atoms in total. The number of thioether (sulfide) groups is 1. The number of benzene rings is 1. The highest BCUT2D eigenvalue weighted by atomic mass is 32.2. The quantitative estimate of drug-likeness (QED) is 0.367. The number of likely N-dealkylation sites (tertiary alicyclic amines) is 1. The van der Waals surface area contributed by atoms with Gasteiger partial charge in [-0.25, -0.2) is 9.59 Å². The number of rotatable bonds is 6. The normalized spacial score (nSPS) is 23.9. The Balaban J connectivity index is 1.92. The molecule has 0 bridgehead atoms. The van der Waals surface area contributed by atoms with Gasteiger partial charge in [0.15, 0.2) is 12.2 Å². The van der Waals surface area contributed by atoms with Crippen molar-refractivity contribution in [2.45, 2.75) is 95.5 Å². The first-order valence-electron chi connectivity index (χ1n) is 12.6. The first-order chi connectivity index (χ1) is 17.3. The summed E-state index contributed by atoms with van der Waals surface area (Å²) in [5, 5.41) is -0.278. The summed E-state index contributed by atoms with van der Waals surface area (Å²) in [6, 6.07) is 6.81. The van der Waals surface area contributed by atoms with Crippen molar-refractivity contribution in [3.63, 3.8) is 0 Å². The molecule has 0 N–H and O–H groups in total. The fourth-order valence-corrected chi connectivity index (χ4v) is 5.39.